The number of piperidine rings is 1. The van der Waals surface area contributed by atoms with E-state index in [1.165, 1.54) is 24.1 Å². The second kappa shape index (κ2) is 5.81. The van der Waals surface area contributed by atoms with Gasteiger partial charge in [0.05, 0.1) is 0 Å². The van der Waals surface area contributed by atoms with E-state index in [9.17, 15) is 4.39 Å². The minimum atomic E-state index is -0.160. The minimum absolute atomic E-state index is 0.160. The molecular formula is C15H23FN2. The fourth-order valence-electron chi connectivity index (χ4n) is 2.62. The van der Waals surface area contributed by atoms with E-state index in [0.29, 0.717) is 6.04 Å². The summed E-state index contributed by atoms with van der Waals surface area (Å²) in [5.74, 6) is -0.160. The third-order valence-electron chi connectivity index (χ3n) is 3.61. The molecule has 2 nitrogen and oxygen atoms in total. The van der Waals surface area contributed by atoms with Crippen LogP contribution in [-0.2, 0) is 6.42 Å². The van der Waals surface area contributed by atoms with Crippen LogP contribution in [0.5, 0.6) is 0 Å². The molecule has 1 aromatic carbocycles. The quantitative estimate of drug-likeness (QED) is 0.858. The molecule has 0 aliphatic carbocycles. The Balaban J connectivity index is 1.73. The number of hydrogen-bond donors (Lipinski definition) is 2. The third-order valence-corrected chi connectivity index (χ3v) is 3.61. The van der Waals surface area contributed by atoms with Crippen molar-refractivity contribution < 1.29 is 4.39 Å². The Kier molecular flexibility index (Phi) is 4.36. The summed E-state index contributed by atoms with van der Waals surface area (Å²) in [6.07, 6.45) is 3.31. The van der Waals surface area contributed by atoms with E-state index >= 15 is 0 Å². The Bertz CT molecular complexity index is 373. The topological polar surface area (TPSA) is 24.1 Å². The largest absolute Gasteiger partial charge is 0.314 e. The Morgan fingerprint density at radius 3 is 2.72 bits per heavy atom. The van der Waals surface area contributed by atoms with Gasteiger partial charge >= 0.3 is 0 Å². The maximum absolute atomic E-state index is 12.8. The summed E-state index contributed by atoms with van der Waals surface area (Å²) in [4.78, 5) is 0. The van der Waals surface area contributed by atoms with Gasteiger partial charge in [0.2, 0.25) is 0 Å². The van der Waals surface area contributed by atoms with Crippen LogP contribution in [0.25, 0.3) is 0 Å². The molecule has 0 radical (unpaired) electrons. The van der Waals surface area contributed by atoms with E-state index in [4.69, 9.17) is 0 Å². The SMILES string of the molecule is CC1(C)CC(NCCc2ccc(F)cc2)CCN1. The van der Waals surface area contributed by atoms with Crippen LogP contribution in [0.4, 0.5) is 4.39 Å². The molecule has 0 aromatic heterocycles. The maximum atomic E-state index is 12.8. The number of nitrogens with one attached hydrogen (secondary N) is 2. The molecule has 3 heteroatoms. The zero-order valence-corrected chi connectivity index (χ0v) is 11.3. The summed E-state index contributed by atoms with van der Waals surface area (Å²) < 4.78 is 12.8. The highest BCUT2D eigenvalue weighted by Gasteiger charge is 2.26. The van der Waals surface area contributed by atoms with Crippen molar-refractivity contribution in [2.75, 3.05) is 13.1 Å². The van der Waals surface area contributed by atoms with Crippen LogP contribution in [0.15, 0.2) is 24.3 Å². The Morgan fingerprint density at radius 1 is 1.33 bits per heavy atom. The van der Waals surface area contributed by atoms with Gasteiger partial charge in [0.15, 0.2) is 0 Å². The van der Waals surface area contributed by atoms with Gasteiger partial charge in [0.1, 0.15) is 5.82 Å². The summed E-state index contributed by atoms with van der Waals surface area (Å²) in [6, 6.07) is 7.39. The fourth-order valence-corrected chi connectivity index (χ4v) is 2.62. The summed E-state index contributed by atoms with van der Waals surface area (Å²) >= 11 is 0. The molecule has 1 saturated heterocycles. The van der Waals surface area contributed by atoms with Crippen LogP contribution in [0.3, 0.4) is 0 Å². The van der Waals surface area contributed by atoms with E-state index in [0.717, 1.165) is 25.9 Å². The highest BCUT2D eigenvalue weighted by molar-refractivity contribution is 5.16. The number of halogens is 1. The van der Waals surface area contributed by atoms with Crippen molar-refractivity contribution in [3.05, 3.63) is 35.6 Å². The molecule has 1 aromatic rings. The van der Waals surface area contributed by atoms with Gasteiger partial charge in [-0.25, -0.2) is 4.39 Å². The van der Waals surface area contributed by atoms with E-state index < -0.39 is 0 Å². The first-order valence-electron chi connectivity index (χ1n) is 6.78. The third kappa shape index (κ3) is 4.07. The van der Waals surface area contributed by atoms with Crippen LogP contribution in [0.2, 0.25) is 0 Å². The van der Waals surface area contributed by atoms with Crippen molar-refractivity contribution in [1.29, 1.82) is 0 Å². The van der Waals surface area contributed by atoms with E-state index in [2.05, 4.69) is 24.5 Å². The predicted molar refractivity (Wildman–Crippen MR) is 73.2 cm³/mol. The standard InChI is InChI=1S/C15H23FN2/c1-15(2)11-14(8-10-18-15)17-9-7-12-3-5-13(16)6-4-12/h3-6,14,17-18H,7-11H2,1-2H3. The fraction of sp³-hybridized carbons (Fsp3) is 0.600. The number of benzene rings is 1. The lowest BCUT2D eigenvalue weighted by Crippen LogP contribution is -2.52. The van der Waals surface area contributed by atoms with E-state index in [1.54, 1.807) is 0 Å². The monoisotopic (exact) mass is 250 g/mol. The van der Waals surface area contributed by atoms with Crippen LogP contribution in [0, 0.1) is 5.82 Å². The predicted octanol–water partition coefficient (Wildman–Crippen LogP) is 2.49. The lowest BCUT2D eigenvalue weighted by Gasteiger charge is -2.37. The molecule has 1 heterocycles. The van der Waals surface area contributed by atoms with Gasteiger partial charge in [0.25, 0.3) is 0 Å². The molecule has 0 saturated carbocycles. The summed E-state index contributed by atoms with van der Waals surface area (Å²) in [5, 5.41) is 7.13. The van der Waals surface area contributed by atoms with Crippen LogP contribution < -0.4 is 10.6 Å². The zero-order chi connectivity index (χ0) is 13.0. The Hall–Kier alpha value is -0.930. The molecular weight excluding hydrogens is 227 g/mol. The Labute approximate surface area is 109 Å². The first kappa shape index (κ1) is 13.5. The average Bonchev–Trinajstić information content (AvgIpc) is 2.30. The summed E-state index contributed by atoms with van der Waals surface area (Å²) in [5.41, 5.74) is 1.43. The van der Waals surface area contributed by atoms with Crippen LogP contribution in [0.1, 0.15) is 32.3 Å². The van der Waals surface area contributed by atoms with E-state index in [1.807, 2.05) is 12.1 Å². The molecule has 0 spiro atoms. The molecule has 1 aliphatic heterocycles. The average molecular weight is 250 g/mol. The van der Waals surface area contributed by atoms with Gasteiger partial charge in [-0.2, -0.15) is 0 Å². The maximum Gasteiger partial charge on any atom is 0.123 e. The summed E-state index contributed by atoms with van der Waals surface area (Å²) in [6.45, 7) is 6.55. The molecule has 100 valence electrons. The molecule has 0 amide bonds. The van der Waals surface area contributed by atoms with Crippen molar-refractivity contribution in [3.8, 4) is 0 Å². The Morgan fingerprint density at radius 2 is 2.06 bits per heavy atom. The normalized spacial score (nSPS) is 22.9. The van der Waals surface area contributed by atoms with Crippen molar-refractivity contribution >= 4 is 0 Å². The van der Waals surface area contributed by atoms with Gasteiger partial charge in [-0.15, -0.1) is 0 Å². The van der Waals surface area contributed by atoms with E-state index in [-0.39, 0.29) is 11.4 Å². The lowest BCUT2D eigenvalue weighted by molar-refractivity contribution is 0.249. The van der Waals surface area contributed by atoms with Crippen molar-refractivity contribution in [3.63, 3.8) is 0 Å². The second-order valence-electron chi connectivity index (χ2n) is 5.83. The number of rotatable bonds is 4. The van der Waals surface area contributed by atoms with Crippen molar-refractivity contribution in [2.24, 2.45) is 0 Å². The van der Waals surface area contributed by atoms with Gasteiger partial charge in [-0.1, -0.05) is 12.1 Å². The molecule has 1 unspecified atom stereocenters. The molecule has 2 rings (SSSR count). The number of hydrogen-bond acceptors (Lipinski definition) is 2. The van der Waals surface area contributed by atoms with Crippen molar-refractivity contribution in [2.45, 2.75) is 44.7 Å². The first-order chi connectivity index (χ1) is 8.55. The smallest absolute Gasteiger partial charge is 0.123 e. The van der Waals surface area contributed by atoms with Gasteiger partial charge in [0, 0.05) is 11.6 Å². The van der Waals surface area contributed by atoms with Crippen LogP contribution in [-0.4, -0.2) is 24.7 Å². The van der Waals surface area contributed by atoms with Gasteiger partial charge in [-0.3, -0.25) is 0 Å². The zero-order valence-electron chi connectivity index (χ0n) is 11.3. The molecule has 1 atom stereocenters. The molecule has 0 bridgehead atoms. The molecule has 1 aliphatic rings. The lowest BCUT2D eigenvalue weighted by atomic mass is 9.89. The van der Waals surface area contributed by atoms with Gasteiger partial charge in [-0.05, 0) is 63.9 Å². The molecule has 18 heavy (non-hydrogen) atoms. The molecule has 2 N–H and O–H groups in total. The van der Waals surface area contributed by atoms with Crippen molar-refractivity contribution in [1.82, 2.24) is 10.6 Å². The second-order valence-corrected chi connectivity index (χ2v) is 5.83. The minimum Gasteiger partial charge on any atom is -0.314 e. The van der Waals surface area contributed by atoms with Crippen LogP contribution >= 0.6 is 0 Å². The first-order valence-corrected chi connectivity index (χ1v) is 6.78. The van der Waals surface area contributed by atoms with Gasteiger partial charge < -0.3 is 10.6 Å². The summed E-state index contributed by atoms with van der Waals surface area (Å²) in [7, 11) is 0. The molecule has 1 fully saturated rings. The highest BCUT2D eigenvalue weighted by Crippen LogP contribution is 2.18. The highest BCUT2D eigenvalue weighted by atomic mass is 19.1.